The number of hydrogen-bond donors (Lipinski definition) is 3. The molecule has 0 bridgehead atoms. The van der Waals surface area contributed by atoms with Crippen molar-refractivity contribution < 1.29 is 5.11 Å². The summed E-state index contributed by atoms with van der Waals surface area (Å²) in [6.07, 6.45) is 4.63. The predicted molar refractivity (Wildman–Crippen MR) is 77.4 cm³/mol. The molecule has 2 rings (SSSR count). The van der Waals surface area contributed by atoms with Gasteiger partial charge in [-0.1, -0.05) is 12.8 Å². The van der Waals surface area contributed by atoms with E-state index in [9.17, 15) is 5.11 Å². The molecular weight excluding hydrogens is 240 g/mol. The minimum absolute atomic E-state index is 0.0389. The zero-order valence-corrected chi connectivity index (χ0v) is 11.9. The average Bonchev–Trinajstić information content (AvgIpc) is 2.86. The van der Waals surface area contributed by atoms with Gasteiger partial charge in [-0.05, 0) is 26.7 Å². The van der Waals surface area contributed by atoms with Crippen molar-refractivity contribution in [2.75, 3.05) is 30.3 Å². The number of aliphatic hydroxyl groups excluding tert-OH is 1. The Morgan fingerprint density at radius 1 is 1.21 bits per heavy atom. The van der Waals surface area contributed by atoms with Gasteiger partial charge in [0.15, 0.2) is 0 Å². The van der Waals surface area contributed by atoms with Crippen LogP contribution in [0, 0.1) is 12.3 Å². The zero-order valence-electron chi connectivity index (χ0n) is 11.9. The lowest BCUT2D eigenvalue weighted by molar-refractivity contribution is 0.142. The molecule has 5 nitrogen and oxygen atoms in total. The quantitative estimate of drug-likeness (QED) is 0.734. The van der Waals surface area contributed by atoms with Gasteiger partial charge in [0.05, 0.1) is 6.61 Å². The van der Waals surface area contributed by atoms with Gasteiger partial charge in [-0.15, -0.1) is 0 Å². The lowest BCUT2D eigenvalue weighted by Crippen LogP contribution is -2.30. The number of nitrogens with one attached hydrogen (secondary N) is 2. The Balaban J connectivity index is 2.02. The predicted octanol–water partition coefficient (Wildman–Crippen LogP) is 2.18. The number of anilines is 2. The van der Waals surface area contributed by atoms with Crippen molar-refractivity contribution in [3.8, 4) is 0 Å². The van der Waals surface area contributed by atoms with Crippen LogP contribution in [0.5, 0.6) is 0 Å². The first kappa shape index (κ1) is 14.1. The molecule has 0 saturated heterocycles. The van der Waals surface area contributed by atoms with E-state index in [1.807, 2.05) is 19.9 Å². The normalized spacial score (nSPS) is 17.4. The van der Waals surface area contributed by atoms with E-state index in [1.54, 1.807) is 0 Å². The van der Waals surface area contributed by atoms with Gasteiger partial charge in [-0.3, -0.25) is 0 Å². The summed E-state index contributed by atoms with van der Waals surface area (Å²) in [7, 11) is 0. The summed E-state index contributed by atoms with van der Waals surface area (Å²) < 4.78 is 0. The molecule has 5 heteroatoms. The summed E-state index contributed by atoms with van der Waals surface area (Å²) in [5.41, 5.74) is 0.0389. The highest BCUT2D eigenvalue weighted by Gasteiger charge is 2.32. The summed E-state index contributed by atoms with van der Waals surface area (Å²) in [4.78, 5) is 8.73. The first-order valence-corrected chi connectivity index (χ1v) is 7.12. The van der Waals surface area contributed by atoms with Crippen molar-refractivity contribution in [2.45, 2.75) is 39.5 Å². The van der Waals surface area contributed by atoms with Gasteiger partial charge in [0.1, 0.15) is 17.5 Å². The Kier molecular flexibility index (Phi) is 4.58. The molecule has 0 spiro atoms. The lowest BCUT2D eigenvalue weighted by atomic mass is 9.87. The van der Waals surface area contributed by atoms with E-state index in [-0.39, 0.29) is 12.0 Å². The summed E-state index contributed by atoms with van der Waals surface area (Å²) in [5, 5.41) is 16.2. The van der Waals surface area contributed by atoms with Crippen molar-refractivity contribution in [2.24, 2.45) is 5.41 Å². The van der Waals surface area contributed by atoms with E-state index in [2.05, 4.69) is 20.6 Å². The molecule has 1 aliphatic rings. The summed E-state index contributed by atoms with van der Waals surface area (Å²) in [5.74, 6) is 2.44. The number of aromatic nitrogens is 2. The molecule has 1 saturated carbocycles. The van der Waals surface area contributed by atoms with Crippen LogP contribution in [0.15, 0.2) is 6.07 Å². The highest BCUT2D eigenvalue weighted by Crippen LogP contribution is 2.37. The molecule has 0 atom stereocenters. The van der Waals surface area contributed by atoms with E-state index in [0.29, 0.717) is 0 Å². The SMILES string of the molecule is CCNc1cc(NCC2(CO)CCCC2)nc(C)n1. The molecule has 106 valence electrons. The lowest BCUT2D eigenvalue weighted by Gasteiger charge is -2.27. The van der Waals surface area contributed by atoms with Crippen molar-refractivity contribution in [3.63, 3.8) is 0 Å². The van der Waals surface area contributed by atoms with Crippen LogP contribution in [-0.4, -0.2) is 34.8 Å². The second kappa shape index (κ2) is 6.19. The Morgan fingerprint density at radius 2 is 1.84 bits per heavy atom. The minimum Gasteiger partial charge on any atom is -0.396 e. The molecule has 1 aliphatic carbocycles. The average molecular weight is 264 g/mol. The topological polar surface area (TPSA) is 70.1 Å². The summed E-state index contributed by atoms with van der Waals surface area (Å²) in [6.45, 7) is 5.82. The Hall–Kier alpha value is -1.36. The highest BCUT2D eigenvalue weighted by molar-refractivity contribution is 5.47. The number of nitrogens with zero attached hydrogens (tertiary/aromatic N) is 2. The molecule has 0 aliphatic heterocycles. The van der Waals surface area contributed by atoms with Crippen LogP contribution in [0.4, 0.5) is 11.6 Å². The van der Waals surface area contributed by atoms with Crippen LogP contribution in [0.25, 0.3) is 0 Å². The third kappa shape index (κ3) is 3.56. The Bertz CT molecular complexity index is 416. The fraction of sp³-hybridized carbons (Fsp3) is 0.714. The largest absolute Gasteiger partial charge is 0.396 e. The second-order valence-electron chi connectivity index (χ2n) is 5.43. The molecule has 1 heterocycles. The Labute approximate surface area is 114 Å². The first-order valence-electron chi connectivity index (χ1n) is 7.12. The molecule has 0 amide bonds. The number of aliphatic hydroxyl groups is 1. The fourth-order valence-electron chi connectivity index (χ4n) is 2.72. The zero-order chi connectivity index (χ0) is 13.7. The van der Waals surface area contributed by atoms with Gasteiger partial charge in [0.25, 0.3) is 0 Å². The van der Waals surface area contributed by atoms with Crippen LogP contribution < -0.4 is 10.6 Å². The Morgan fingerprint density at radius 3 is 2.42 bits per heavy atom. The van der Waals surface area contributed by atoms with E-state index in [4.69, 9.17) is 0 Å². The molecule has 1 aromatic rings. The van der Waals surface area contributed by atoms with E-state index in [0.717, 1.165) is 43.4 Å². The maximum absolute atomic E-state index is 9.60. The van der Waals surface area contributed by atoms with Crippen molar-refractivity contribution in [1.29, 1.82) is 0 Å². The third-order valence-corrected chi connectivity index (χ3v) is 3.84. The summed E-state index contributed by atoms with van der Waals surface area (Å²) >= 11 is 0. The van der Waals surface area contributed by atoms with Crippen molar-refractivity contribution >= 4 is 11.6 Å². The molecule has 0 unspecified atom stereocenters. The molecule has 19 heavy (non-hydrogen) atoms. The van der Waals surface area contributed by atoms with Gasteiger partial charge in [-0.25, -0.2) is 9.97 Å². The van der Waals surface area contributed by atoms with Gasteiger partial charge >= 0.3 is 0 Å². The number of rotatable bonds is 6. The molecular formula is C14H24N4O. The third-order valence-electron chi connectivity index (χ3n) is 3.84. The smallest absolute Gasteiger partial charge is 0.131 e. The minimum atomic E-state index is 0.0389. The van der Waals surface area contributed by atoms with Crippen molar-refractivity contribution in [3.05, 3.63) is 11.9 Å². The maximum Gasteiger partial charge on any atom is 0.131 e. The molecule has 1 fully saturated rings. The van der Waals surface area contributed by atoms with Gasteiger partial charge in [0.2, 0.25) is 0 Å². The van der Waals surface area contributed by atoms with E-state index in [1.165, 1.54) is 12.8 Å². The number of hydrogen-bond acceptors (Lipinski definition) is 5. The highest BCUT2D eigenvalue weighted by atomic mass is 16.3. The maximum atomic E-state index is 9.60. The molecule has 0 aromatic carbocycles. The molecule has 3 N–H and O–H groups in total. The van der Waals surface area contributed by atoms with E-state index < -0.39 is 0 Å². The van der Waals surface area contributed by atoms with Crippen LogP contribution in [0.3, 0.4) is 0 Å². The van der Waals surface area contributed by atoms with Crippen LogP contribution in [0.1, 0.15) is 38.4 Å². The standard InChI is InChI=1S/C14H24N4O/c1-3-15-12-8-13(18-11(2)17-12)16-9-14(10-19)6-4-5-7-14/h8,19H,3-7,9-10H2,1-2H3,(H2,15,16,17,18). The van der Waals surface area contributed by atoms with Crippen LogP contribution in [-0.2, 0) is 0 Å². The monoisotopic (exact) mass is 264 g/mol. The van der Waals surface area contributed by atoms with Gasteiger partial charge in [-0.2, -0.15) is 0 Å². The number of aryl methyl sites for hydroxylation is 1. The second-order valence-corrected chi connectivity index (χ2v) is 5.43. The van der Waals surface area contributed by atoms with Crippen molar-refractivity contribution in [1.82, 2.24) is 9.97 Å². The van der Waals surface area contributed by atoms with Crippen LogP contribution in [0.2, 0.25) is 0 Å². The molecule has 0 radical (unpaired) electrons. The van der Waals surface area contributed by atoms with Crippen LogP contribution >= 0.6 is 0 Å². The van der Waals surface area contributed by atoms with E-state index >= 15 is 0 Å². The van der Waals surface area contributed by atoms with Gasteiger partial charge < -0.3 is 15.7 Å². The fourth-order valence-corrected chi connectivity index (χ4v) is 2.72. The first-order chi connectivity index (χ1) is 9.17. The molecule has 1 aromatic heterocycles. The van der Waals surface area contributed by atoms with Gasteiger partial charge in [0, 0.05) is 24.6 Å². The summed E-state index contributed by atoms with van der Waals surface area (Å²) in [6, 6.07) is 1.93.